The number of oxime groups is 1. The molecule has 1 unspecified atom stereocenters. The number of hydrogen-bond acceptors (Lipinski definition) is 11. The van der Waals surface area contributed by atoms with Gasteiger partial charge >= 0.3 is 0 Å². The van der Waals surface area contributed by atoms with Crippen molar-refractivity contribution in [1.29, 1.82) is 0 Å². The first-order chi connectivity index (χ1) is 15.8. The SMILES string of the molecule is CON=C(C(=O)NC1C(=O)N2C(C(=O)[O-])=C(C[n+]3cccc(C)c3)CS[C@H]12)c1nsc(N)n1. The van der Waals surface area contributed by atoms with Crippen molar-refractivity contribution in [2.45, 2.75) is 24.9 Å². The van der Waals surface area contributed by atoms with Crippen LogP contribution in [0.3, 0.4) is 0 Å². The number of anilines is 1. The Hall–Kier alpha value is -3.52. The van der Waals surface area contributed by atoms with Crippen LogP contribution >= 0.6 is 23.3 Å². The maximum Gasteiger partial charge on any atom is 0.278 e. The summed E-state index contributed by atoms with van der Waals surface area (Å²) < 4.78 is 5.78. The molecule has 2 aromatic rings. The molecule has 2 amide bonds. The number of carboxylic acids is 1. The van der Waals surface area contributed by atoms with Gasteiger partial charge in [0.2, 0.25) is 11.5 Å². The fourth-order valence-electron chi connectivity index (χ4n) is 3.58. The monoisotopic (exact) mass is 489 g/mol. The van der Waals surface area contributed by atoms with Gasteiger partial charge in [-0.3, -0.25) is 14.5 Å². The maximum absolute atomic E-state index is 12.9. The van der Waals surface area contributed by atoms with Gasteiger partial charge in [-0.2, -0.15) is 9.36 Å². The first-order valence-electron chi connectivity index (χ1n) is 9.65. The Morgan fingerprint density at radius 1 is 1.48 bits per heavy atom. The zero-order chi connectivity index (χ0) is 23.7. The second-order valence-corrected chi connectivity index (χ2v) is 9.12. The van der Waals surface area contributed by atoms with Crippen molar-refractivity contribution in [2.75, 3.05) is 18.6 Å². The van der Waals surface area contributed by atoms with Gasteiger partial charge in [-0.1, -0.05) is 5.16 Å². The molecule has 2 aromatic heterocycles. The molecule has 4 heterocycles. The minimum Gasteiger partial charge on any atom is -0.543 e. The number of nitrogens with two attached hydrogens (primary N) is 1. The molecule has 14 heteroatoms. The minimum atomic E-state index is -1.44. The quantitative estimate of drug-likeness (QED) is 0.197. The van der Waals surface area contributed by atoms with Crippen molar-refractivity contribution in [1.82, 2.24) is 19.6 Å². The Kier molecular flexibility index (Phi) is 6.29. The molecule has 2 aliphatic rings. The fourth-order valence-corrected chi connectivity index (χ4v) is 5.35. The van der Waals surface area contributed by atoms with Gasteiger partial charge in [-0.25, -0.2) is 4.57 Å². The molecule has 0 aromatic carbocycles. The molecule has 172 valence electrons. The van der Waals surface area contributed by atoms with Crippen LogP contribution < -0.4 is 20.7 Å². The topological polar surface area (TPSA) is 167 Å². The van der Waals surface area contributed by atoms with E-state index in [1.807, 2.05) is 36.0 Å². The van der Waals surface area contributed by atoms with E-state index in [1.165, 1.54) is 18.9 Å². The molecule has 4 rings (SSSR count). The molecule has 0 saturated carbocycles. The Labute approximate surface area is 196 Å². The number of carbonyl (C=O) groups excluding carboxylic acids is 3. The lowest BCUT2D eigenvalue weighted by Crippen LogP contribution is -2.71. The van der Waals surface area contributed by atoms with Crippen molar-refractivity contribution in [3.05, 3.63) is 47.2 Å². The van der Waals surface area contributed by atoms with Crippen LogP contribution in [0.15, 0.2) is 41.0 Å². The van der Waals surface area contributed by atoms with E-state index in [-0.39, 0.29) is 22.4 Å². The predicted octanol–water partition coefficient (Wildman–Crippen LogP) is -1.83. The van der Waals surface area contributed by atoms with Crippen LogP contribution in [0.4, 0.5) is 5.13 Å². The van der Waals surface area contributed by atoms with E-state index >= 15 is 0 Å². The number of aromatic nitrogens is 3. The van der Waals surface area contributed by atoms with Crippen LogP contribution in [0, 0.1) is 6.92 Å². The van der Waals surface area contributed by atoms with Crippen LogP contribution in [-0.2, 0) is 25.8 Å². The molecule has 0 aliphatic carbocycles. The van der Waals surface area contributed by atoms with E-state index < -0.39 is 29.2 Å². The molecule has 33 heavy (non-hydrogen) atoms. The average molecular weight is 490 g/mol. The number of nitrogen functional groups attached to an aromatic ring is 1. The third-order valence-electron chi connectivity index (χ3n) is 4.96. The summed E-state index contributed by atoms with van der Waals surface area (Å²) in [5.74, 6) is -2.42. The zero-order valence-electron chi connectivity index (χ0n) is 17.5. The highest BCUT2D eigenvalue weighted by Gasteiger charge is 2.53. The highest BCUT2D eigenvalue weighted by atomic mass is 32.2. The molecule has 2 atom stereocenters. The van der Waals surface area contributed by atoms with E-state index in [2.05, 4.69) is 19.8 Å². The van der Waals surface area contributed by atoms with Gasteiger partial charge in [0.15, 0.2) is 24.1 Å². The van der Waals surface area contributed by atoms with Crippen molar-refractivity contribution in [2.24, 2.45) is 5.16 Å². The Morgan fingerprint density at radius 2 is 2.27 bits per heavy atom. The number of aliphatic carboxylic acids is 1. The van der Waals surface area contributed by atoms with Gasteiger partial charge < -0.3 is 25.8 Å². The first kappa shape index (κ1) is 22.7. The summed E-state index contributed by atoms with van der Waals surface area (Å²) in [5.41, 5.74) is 6.72. The number of nitrogens with one attached hydrogen (secondary N) is 1. The lowest BCUT2D eigenvalue weighted by Gasteiger charge is -2.50. The summed E-state index contributed by atoms with van der Waals surface area (Å²) in [5, 5.41) is 17.7. The van der Waals surface area contributed by atoms with Gasteiger partial charge in [0, 0.05) is 34.5 Å². The highest BCUT2D eigenvalue weighted by molar-refractivity contribution is 8.00. The molecule has 3 N–H and O–H groups in total. The number of carbonyl (C=O) groups is 3. The summed E-state index contributed by atoms with van der Waals surface area (Å²) in [7, 11) is 1.25. The molecule has 1 fully saturated rings. The van der Waals surface area contributed by atoms with Crippen LogP contribution in [0.1, 0.15) is 11.4 Å². The van der Waals surface area contributed by atoms with Crippen molar-refractivity contribution < 1.29 is 28.9 Å². The first-order valence-corrected chi connectivity index (χ1v) is 11.5. The number of hydrogen-bond donors (Lipinski definition) is 2. The molecule has 12 nitrogen and oxygen atoms in total. The lowest BCUT2D eigenvalue weighted by atomic mass is 10.0. The number of thioether (sulfide) groups is 1. The molecule has 2 aliphatic heterocycles. The lowest BCUT2D eigenvalue weighted by molar-refractivity contribution is -0.689. The Bertz CT molecular complexity index is 1190. The molecule has 0 spiro atoms. The number of nitrogens with zero attached hydrogens (tertiary/aromatic N) is 5. The third-order valence-corrected chi connectivity index (χ3v) is 6.84. The standard InChI is InChI=1S/C19H19N7O5S2/c1-9-4-3-5-25(6-9)7-10-8-32-17-12(16(28)26(17)13(10)18(29)30)21-15(27)11(23-31-2)14-22-19(20)33-24-14/h3-6,12,17H,7-8H2,1-2H3,(H3-,20,21,22,24,27,29,30)/t12?,17-/m1/s1. The van der Waals surface area contributed by atoms with E-state index in [0.29, 0.717) is 17.9 Å². The third kappa shape index (κ3) is 4.39. The summed E-state index contributed by atoms with van der Waals surface area (Å²) >= 11 is 2.23. The highest BCUT2D eigenvalue weighted by Crippen LogP contribution is 2.40. The van der Waals surface area contributed by atoms with Crippen LogP contribution in [0.5, 0.6) is 0 Å². The van der Waals surface area contributed by atoms with Gasteiger partial charge in [0.1, 0.15) is 18.5 Å². The molecule has 0 radical (unpaired) electrons. The second kappa shape index (κ2) is 9.15. The largest absolute Gasteiger partial charge is 0.543 e. The van der Waals surface area contributed by atoms with Gasteiger partial charge in [0.25, 0.3) is 11.8 Å². The number of amides is 2. The fraction of sp³-hybridized carbons (Fsp3) is 0.316. The average Bonchev–Trinajstić information content (AvgIpc) is 3.21. The van der Waals surface area contributed by atoms with Crippen LogP contribution in [-0.4, -0.2) is 62.0 Å². The summed E-state index contributed by atoms with van der Waals surface area (Å²) in [6.07, 6.45) is 3.70. The second-order valence-electron chi connectivity index (χ2n) is 7.23. The number of rotatable bonds is 7. The maximum atomic E-state index is 12.9. The molecule has 1 saturated heterocycles. The number of pyridine rings is 1. The normalized spacial score (nSPS) is 20.2. The van der Waals surface area contributed by atoms with Crippen molar-refractivity contribution >= 4 is 51.9 Å². The summed E-state index contributed by atoms with van der Waals surface area (Å²) in [6.45, 7) is 2.23. The minimum absolute atomic E-state index is 0.0374. The number of carboxylic acid groups (broad SMARTS) is 1. The van der Waals surface area contributed by atoms with Gasteiger partial charge in [-0.15, -0.1) is 11.8 Å². The van der Waals surface area contributed by atoms with E-state index in [9.17, 15) is 19.5 Å². The number of aryl methyl sites for hydroxylation is 1. The van der Waals surface area contributed by atoms with Crippen LogP contribution in [0.2, 0.25) is 0 Å². The van der Waals surface area contributed by atoms with E-state index in [4.69, 9.17) is 10.6 Å². The molecular weight excluding hydrogens is 470 g/mol. The van der Waals surface area contributed by atoms with Crippen molar-refractivity contribution in [3.8, 4) is 0 Å². The van der Waals surface area contributed by atoms with E-state index in [1.54, 1.807) is 0 Å². The smallest absolute Gasteiger partial charge is 0.278 e. The Morgan fingerprint density at radius 3 is 2.91 bits per heavy atom. The van der Waals surface area contributed by atoms with Gasteiger partial charge in [0.05, 0.1) is 11.7 Å². The number of β-lactam (4-membered cyclic amide) rings is 1. The number of fused-ring (bicyclic) bond motifs is 1. The Balaban J connectivity index is 1.54. The predicted molar refractivity (Wildman–Crippen MR) is 116 cm³/mol. The van der Waals surface area contributed by atoms with Crippen molar-refractivity contribution in [3.63, 3.8) is 0 Å². The molecule has 0 bridgehead atoms. The summed E-state index contributed by atoms with van der Waals surface area (Å²) in [6, 6.07) is 2.83. The van der Waals surface area contributed by atoms with E-state index in [0.717, 1.165) is 22.0 Å². The zero-order valence-corrected chi connectivity index (χ0v) is 19.2. The molecular formula is C19H19N7O5S2. The summed E-state index contributed by atoms with van der Waals surface area (Å²) in [4.78, 5) is 47.3. The van der Waals surface area contributed by atoms with Gasteiger partial charge in [-0.05, 0) is 13.0 Å². The van der Waals surface area contributed by atoms with Crippen LogP contribution in [0.25, 0.3) is 0 Å².